The van der Waals surface area contributed by atoms with Gasteiger partial charge in [-0.2, -0.15) is 0 Å². The van der Waals surface area contributed by atoms with Crippen molar-refractivity contribution in [1.29, 1.82) is 0 Å². The fraction of sp³-hybridized carbons (Fsp3) is 0.900. The van der Waals surface area contributed by atoms with Crippen LogP contribution in [0.25, 0.3) is 0 Å². The summed E-state index contributed by atoms with van der Waals surface area (Å²) < 4.78 is 5.41. The second-order valence-corrected chi connectivity index (χ2v) is 4.56. The molecule has 1 spiro atoms. The third kappa shape index (κ3) is 1.17. The molecule has 14 heavy (non-hydrogen) atoms. The molecule has 4 nitrogen and oxygen atoms in total. The standard InChI is InChI=1S/C10H16N2O2/c13-9-10(3-4-10)11-7-12(9)8-2-1-5-14-6-8/h8,11H,1-7H2. The molecule has 4 heteroatoms. The van der Waals surface area contributed by atoms with Gasteiger partial charge in [-0.15, -0.1) is 0 Å². The van der Waals surface area contributed by atoms with Gasteiger partial charge in [0.1, 0.15) is 0 Å². The maximum absolute atomic E-state index is 12.0. The molecule has 0 radical (unpaired) electrons. The number of amides is 1. The van der Waals surface area contributed by atoms with E-state index in [4.69, 9.17) is 4.74 Å². The lowest BCUT2D eigenvalue weighted by Crippen LogP contribution is -2.43. The first-order valence-electron chi connectivity index (χ1n) is 5.46. The molecule has 1 amide bonds. The van der Waals surface area contributed by atoms with Crippen molar-refractivity contribution in [1.82, 2.24) is 10.2 Å². The summed E-state index contributed by atoms with van der Waals surface area (Å²) in [4.78, 5) is 14.0. The lowest BCUT2D eigenvalue weighted by atomic mass is 10.1. The fourth-order valence-electron chi connectivity index (χ4n) is 2.44. The van der Waals surface area contributed by atoms with Crippen molar-refractivity contribution in [3.05, 3.63) is 0 Å². The number of nitrogens with zero attached hydrogens (tertiary/aromatic N) is 1. The number of carbonyl (C=O) groups excluding carboxylic acids is 1. The van der Waals surface area contributed by atoms with E-state index in [9.17, 15) is 4.79 Å². The molecule has 2 aliphatic heterocycles. The van der Waals surface area contributed by atoms with Crippen molar-refractivity contribution >= 4 is 5.91 Å². The third-order valence-corrected chi connectivity index (χ3v) is 3.59. The Balaban J connectivity index is 1.70. The molecule has 2 saturated heterocycles. The van der Waals surface area contributed by atoms with E-state index in [0.29, 0.717) is 11.9 Å². The van der Waals surface area contributed by atoms with Gasteiger partial charge in [0.2, 0.25) is 5.91 Å². The van der Waals surface area contributed by atoms with Crippen LogP contribution in [0.1, 0.15) is 25.7 Å². The summed E-state index contributed by atoms with van der Waals surface area (Å²) >= 11 is 0. The Morgan fingerprint density at radius 1 is 1.50 bits per heavy atom. The van der Waals surface area contributed by atoms with Crippen LogP contribution in [0.15, 0.2) is 0 Å². The summed E-state index contributed by atoms with van der Waals surface area (Å²) in [5, 5.41) is 3.32. The topological polar surface area (TPSA) is 41.6 Å². The highest BCUT2D eigenvalue weighted by atomic mass is 16.5. The molecular weight excluding hydrogens is 180 g/mol. The first kappa shape index (κ1) is 8.68. The number of nitrogens with one attached hydrogen (secondary N) is 1. The van der Waals surface area contributed by atoms with Crippen LogP contribution in [0.2, 0.25) is 0 Å². The minimum absolute atomic E-state index is 0.141. The Kier molecular flexibility index (Phi) is 1.82. The number of hydrogen-bond donors (Lipinski definition) is 1. The van der Waals surface area contributed by atoms with Crippen LogP contribution >= 0.6 is 0 Å². The van der Waals surface area contributed by atoms with E-state index in [-0.39, 0.29) is 5.54 Å². The number of hydrogen-bond acceptors (Lipinski definition) is 3. The Morgan fingerprint density at radius 3 is 2.93 bits per heavy atom. The number of ether oxygens (including phenoxy) is 1. The lowest BCUT2D eigenvalue weighted by Gasteiger charge is -2.30. The Bertz CT molecular complexity index is 257. The molecule has 78 valence electrons. The summed E-state index contributed by atoms with van der Waals surface area (Å²) in [5.41, 5.74) is -0.141. The van der Waals surface area contributed by atoms with Gasteiger partial charge in [-0.3, -0.25) is 10.1 Å². The van der Waals surface area contributed by atoms with Crippen molar-refractivity contribution in [2.24, 2.45) is 0 Å². The van der Waals surface area contributed by atoms with Crippen LogP contribution in [-0.2, 0) is 9.53 Å². The Morgan fingerprint density at radius 2 is 2.36 bits per heavy atom. The zero-order valence-corrected chi connectivity index (χ0v) is 8.29. The third-order valence-electron chi connectivity index (χ3n) is 3.59. The molecule has 3 fully saturated rings. The SMILES string of the molecule is O=C1N(C2CCCOC2)CNC12CC2. The van der Waals surface area contributed by atoms with Crippen LogP contribution in [0, 0.1) is 0 Å². The van der Waals surface area contributed by atoms with E-state index in [1.54, 1.807) is 0 Å². The Hall–Kier alpha value is -0.610. The molecule has 1 aliphatic carbocycles. The van der Waals surface area contributed by atoms with Crippen LogP contribution in [0.3, 0.4) is 0 Å². The van der Waals surface area contributed by atoms with Crippen molar-refractivity contribution < 1.29 is 9.53 Å². The lowest BCUT2D eigenvalue weighted by molar-refractivity contribution is -0.134. The maximum Gasteiger partial charge on any atom is 0.244 e. The van der Waals surface area contributed by atoms with Crippen molar-refractivity contribution in [2.75, 3.05) is 19.9 Å². The molecular formula is C10H16N2O2. The summed E-state index contributed by atoms with van der Waals surface area (Å²) in [6, 6.07) is 0.323. The largest absolute Gasteiger partial charge is 0.379 e. The zero-order chi connectivity index (χ0) is 9.60. The maximum atomic E-state index is 12.0. The monoisotopic (exact) mass is 196 g/mol. The molecule has 2 heterocycles. The van der Waals surface area contributed by atoms with Gasteiger partial charge in [0, 0.05) is 6.61 Å². The molecule has 1 saturated carbocycles. The molecule has 1 unspecified atom stereocenters. The van der Waals surface area contributed by atoms with Crippen LogP contribution in [0.4, 0.5) is 0 Å². The first-order valence-corrected chi connectivity index (χ1v) is 5.46. The molecule has 0 aromatic heterocycles. The van der Waals surface area contributed by atoms with Crippen molar-refractivity contribution in [3.63, 3.8) is 0 Å². The minimum Gasteiger partial charge on any atom is -0.379 e. The fourth-order valence-corrected chi connectivity index (χ4v) is 2.44. The second-order valence-electron chi connectivity index (χ2n) is 4.56. The predicted octanol–water partition coefficient (Wildman–Crippen LogP) is 0.0873. The molecule has 0 bridgehead atoms. The highest BCUT2D eigenvalue weighted by Gasteiger charge is 2.56. The average Bonchev–Trinajstić information content (AvgIpc) is 2.93. The van der Waals surface area contributed by atoms with Gasteiger partial charge < -0.3 is 9.64 Å². The van der Waals surface area contributed by atoms with E-state index in [1.165, 1.54) is 0 Å². The highest BCUT2D eigenvalue weighted by molar-refractivity contribution is 5.91. The highest BCUT2D eigenvalue weighted by Crippen LogP contribution is 2.41. The summed E-state index contributed by atoms with van der Waals surface area (Å²) in [5.74, 6) is 0.313. The normalized spacial score (nSPS) is 35.3. The van der Waals surface area contributed by atoms with Crippen LogP contribution in [-0.4, -0.2) is 42.3 Å². The summed E-state index contributed by atoms with van der Waals surface area (Å²) in [6.45, 7) is 2.31. The van der Waals surface area contributed by atoms with E-state index < -0.39 is 0 Å². The molecule has 3 rings (SSSR count). The Labute approximate surface area is 83.6 Å². The molecule has 1 atom stereocenters. The van der Waals surface area contributed by atoms with Gasteiger partial charge >= 0.3 is 0 Å². The molecule has 3 aliphatic rings. The van der Waals surface area contributed by atoms with Gasteiger partial charge in [0.25, 0.3) is 0 Å². The first-order chi connectivity index (χ1) is 6.82. The van der Waals surface area contributed by atoms with E-state index in [0.717, 1.165) is 45.6 Å². The van der Waals surface area contributed by atoms with Crippen LogP contribution in [0.5, 0.6) is 0 Å². The average molecular weight is 196 g/mol. The minimum atomic E-state index is -0.141. The summed E-state index contributed by atoms with van der Waals surface area (Å²) in [7, 11) is 0. The van der Waals surface area contributed by atoms with Gasteiger partial charge in [0.05, 0.1) is 24.9 Å². The number of rotatable bonds is 1. The van der Waals surface area contributed by atoms with Crippen LogP contribution < -0.4 is 5.32 Å². The molecule has 0 aromatic rings. The van der Waals surface area contributed by atoms with Gasteiger partial charge in [-0.25, -0.2) is 0 Å². The molecule has 1 N–H and O–H groups in total. The second kappa shape index (κ2) is 2.94. The van der Waals surface area contributed by atoms with Crippen molar-refractivity contribution in [2.45, 2.75) is 37.3 Å². The van der Waals surface area contributed by atoms with Gasteiger partial charge in [0.15, 0.2) is 0 Å². The molecule has 0 aromatic carbocycles. The zero-order valence-electron chi connectivity index (χ0n) is 8.29. The number of carbonyl (C=O) groups is 1. The van der Waals surface area contributed by atoms with Gasteiger partial charge in [-0.1, -0.05) is 0 Å². The summed E-state index contributed by atoms with van der Waals surface area (Å²) in [6.07, 6.45) is 4.23. The van der Waals surface area contributed by atoms with Gasteiger partial charge in [-0.05, 0) is 25.7 Å². The van der Waals surface area contributed by atoms with E-state index >= 15 is 0 Å². The smallest absolute Gasteiger partial charge is 0.244 e. The quantitative estimate of drug-likeness (QED) is 0.646. The van der Waals surface area contributed by atoms with E-state index in [2.05, 4.69) is 5.32 Å². The predicted molar refractivity (Wildman–Crippen MR) is 50.7 cm³/mol. The van der Waals surface area contributed by atoms with E-state index in [1.807, 2.05) is 4.90 Å². The van der Waals surface area contributed by atoms with Crippen molar-refractivity contribution in [3.8, 4) is 0 Å².